The molecule has 2 aromatic carbocycles. The molecule has 0 fully saturated rings. The second kappa shape index (κ2) is 7.28. The highest BCUT2D eigenvalue weighted by Crippen LogP contribution is 2.21. The number of nitrogens with one attached hydrogen (secondary N) is 1. The summed E-state index contributed by atoms with van der Waals surface area (Å²) in [6.45, 7) is 6.21. The molecule has 0 saturated carbocycles. The van der Waals surface area contributed by atoms with Crippen LogP contribution in [0.5, 0.6) is 0 Å². The van der Waals surface area contributed by atoms with E-state index in [1.807, 2.05) is 6.07 Å². The average molecular weight is 372 g/mol. The van der Waals surface area contributed by atoms with E-state index in [0.29, 0.717) is 6.04 Å². The van der Waals surface area contributed by atoms with Crippen LogP contribution in [-0.4, -0.2) is 16.1 Å². The molecule has 0 aliphatic heterocycles. The lowest BCUT2D eigenvalue weighted by Gasteiger charge is -2.13. The molecule has 23 heavy (non-hydrogen) atoms. The molecule has 0 amide bonds. The van der Waals surface area contributed by atoms with E-state index in [4.69, 9.17) is 4.98 Å². The summed E-state index contributed by atoms with van der Waals surface area (Å²) in [6, 6.07) is 17.1. The van der Waals surface area contributed by atoms with Gasteiger partial charge in [-0.25, -0.2) is 4.98 Å². The maximum atomic E-state index is 4.81. The van der Waals surface area contributed by atoms with E-state index in [0.717, 1.165) is 35.3 Å². The Morgan fingerprint density at radius 2 is 1.83 bits per heavy atom. The van der Waals surface area contributed by atoms with Crippen LogP contribution in [0, 0.1) is 0 Å². The zero-order valence-electron chi connectivity index (χ0n) is 13.6. The van der Waals surface area contributed by atoms with Crippen LogP contribution < -0.4 is 5.32 Å². The third kappa shape index (κ3) is 3.65. The van der Waals surface area contributed by atoms with Crippen molar-refractivity contribution in [3.05, 3.63) is 64.4 Å². The van der Waals surface area contributed by atoms with E-state index in [1.54, 1.807) is 0 Å². The lowest BCUT2D eigenvalue weighted by molar-refractivity contribution is 0.568. The number of benzene rings is 2. The molecule has 0 unspecified atom stereocenters. The lowest BCUT2D eigenvalue weighted by atomic mass is 10.2. The smallest absolute Gasteiger partial charge is 0.111 e. The number of imidazole rings is 1. The minimum Gasteiger partial charge on any atom is -0.325 e. The Balaban J connectivity index is 1.68. The second-order valence-electron chi connectivity index (χ2n) is 6.00. The molecule has 1 N–H and O–H groups in total. The number of aromatic nitrogens is 2. The van der Waals surface area contributed by atoms with Crippen molar-refractivity contribution in [1.29, 1.82) is 0 Å². The summed E-state index contributed by atoms with van der Waals surface area (Å²) in [5, 5.41) is 3.52. The Kier molecular flexibility index (Phi) is 5.13. The Morgan fingerprint density at radius 1 is 1.09 bits per heavy atom. The van der Waals surface area contributed by atoms with Crippen LogP contribution in [-0.2, 0) is 13.0 Å². The largest absolute Gasteiger partial charge is 0.325 e. The van der Waals surface area contributed by atoms with E-state index >= 15 is 0 Å². The van der Waals surface area contributed by atoms with Gasteiger partial charge in [0.15, 0.2) is 0 Å². The molecule has 1 aromatic heterocycles. The van der Waals surface area contributed by atoms with Gasteiger partial charge in [0.1, 0.15) is 5.82 Å². The molecule has 0 aliphatic carbocycles. The second-order valence-corrected chi connectivity index (χ2v) is 6.85. The molecule has 0 radical (unpaired) electrons. The van der Waals surface area contributed by atoms with E-state index < -0.39 is 0 Å². The first kappa shape index (κ1) is 16.2. The molecule has 120 valence electrons. The first-order chi connectivity index (χ1) is 11.2. The molecule has 4 heteroatoms. The van der Waals surface area contributed by atoms with Crippen LogP contribution in [0.2, 0.25) is 0 Å². The average Bonchev–Trinajstić information content (AvgIpc) is 2.91. The Bertz CT molecular complexity index is 792. The SMILES string of the molecule is CC(C)n1c(CCNCc2ccccc2Br)nc2ccccc21. The van der Waals surface area contributed by atoms with Gasteiger partial charge in [-0.05, 0) is 37.6 Å². The topological polar surface area (TPSA) is 29.9 Å². The first-order valence-corrected chi connectivity index (χ1v) is 8.86. The number of fused-ring (bicyclic) bond motifs is 1. The van der Waals surface area contributed by atoms with Gasteiger partial charge in [0, 0.05) is 30.0 Å². The number of nitrogens with zero attached hydrogens (tertiary/aromatic N) is 2. The van der Waals surface area contributed by atoms with Crippen molar-refractivity contribution in [2.24, 2.45) is 0 Å². The van der Waals surface area contributed by atoms with Crippen LogP contribution in [0.4, 0.5) is 0 Å². The van der Waals surface area contributed by atoms with Gasteiger partial charge in [0.05, 0.1) is 11.0 Å². The van der Waals surface area contributed by atoms with Crippen LogP contribution in [0.15, 0.2) is 53.0 Å². The quantitative estimate of drug-likeness (QED) is 0.635. The van der Waals surface area contributed by atoms with Crippen molar-refractivity contribution in [3.63, 3.8) is 0 Å². The van der Waals surface area contributed by atoms with Crippen molar-refractivity contribution in [3.8, 4) is 0 Å². The number of hydrogen-bond acceptors (Lipinski definition) is 2. The minimum atomic E-state index is 0.417. The maximum Gasteiger partial charge on any atom is 0.111 e. The van der Waals surface area contributed by atoms with Crippen LogP contribution in [0.25, 0.3) is 11.0 Å². The van der Waals surface area contributed by atoms with Gasteiger partial charge in [0.25, 0.3) is 0 Å². The summed E-state index contributed by atoms with van der Waals surface area (Å²) in [7, 11) is 0. The normalized spacial score (nSPS) is 11.5. The van der Waals surface area contributed by atoms with Gasteiger partial charge in [0.2, 0.25) is 0 Å². The van der Waals surface area contributed by atoms with Gasteiger partial charge >= 0.3 is 0 Å². The summed E-state index contributed by atoms with van der Waals surface area (Å²) in [5.74, 6) is 1.15. The van der Waals surface area contributed by atoms with Gasteiger partial charge in [-0.1, -0.05) is 46.3 Å². The van der Waals surface area contributed by atoms with Gasteiger partial charge in [-0.15, -0.1) is 0 Å². The van der Waals surface area contributed by atoms with E-state index in [1.165, 1.54) is 11.1 Å². The molecule has 0 aliphatic rings. The lowest BCUT2D eigenvalue weighted by Crippen LogP contribution is -2.19. The van der Waals surface area contributed by atoms with Crippen molar-refractivity contribution >= 4 is 27.0 Å². The first-order valence-electron chi connectivity index (χ1n) is 8.07. The zero-order valence-corrected chi connectivity index (χ0v) is 15.2. The number of rotatable bonds is 6. The molecule has 0 atom stereocenters. The highest BCUT2D eigenvalue weighted by atomic mass is 79.9. The summed E-state index contributed by atoms with van der Waals surface area (Å²) in [5.41, 5.74) is 3.59. The van der Waals surface area contributed by atoms with Crippen molar-refractivity contribution < 1.29 is 0 Å². The fourth-order valence-corrected chi connectivity index (χ4v) is 3.34. The van der Waals surface area contributed by atoms with Crippen LogP contribution in [0.3, 0.4) is 0 Å². The number of halogens is 1. The molecule has 3 nitrogen and oxygen atoms in total. The third-order valence-corrected chi connectivity index (χ3v) is 4.76. The summed E-state index contributed by atoms with van der Waals surface area (Å²) >= 11 is 3.59. The Morgan fingerprint density at radius 3 is 2.61 bits per heavy atom. The standard InChI is InChI=1S/C19H22BrN3/c1-14(2)23-18-10-6-5-9-17(18)22-19(23)11-12-21-13-15-7-3-4-8-16(15)20/h3-10,14,21H,11-13H2,1-2H3. The van der Waals surface area contributed by atoms with Crippen molar-refractivity contribution in [2.75, 3.05) is 6.54 Å². The predicted octanol–water partition coefficient (Wildman–Crippen LogP) is 4.71. The number of para-hydroxylation sites is 2. The van der Waals surface area contributed by atoms with Crippen LogP contribution >= 0.6 is 15.9 Å². The summed E-state index contributed by atoms with van der Waals surface area (Å²) < 4.78 is 3.50. The number of hydrogen-bond donors (Lipinski definition) is 1. The van der Waals surface area contributed by atoms with E-state index in [9.17, 15) is 0 Å². The minimum absolute atomic E-state index is 0.417. The van der Waals surface area contributed by atoms with E-state index in [2.05, 4.69) is 82.1 Å². The molecule has 1 heterocycles. The van der Waals surface area contributed by atoms with E-state index in [-0.39, 0.29) is 0 Å². The zero-order chi connectivity index (χ0) is 16.2. The molecule has 3 aromatic rings. The van der Waals surface area contributed by atoms with Crippen LogP contribution in [0.1, 0.15) is 31.3 Å². The highest BCUT2D eigenvalue weighted by molar-refractivity contribution is 9.10. The van der Waals surface area contributed by atoms with Crippen molar-refractivity contribution in [1.82, 2.24) is 14.9 Å². The third-order valence-electron chi connectivity index (χ3n) is 3.98. The van der Waals surface area contributed by atoms with Gasteiger partial charge < -0.3 is 9.88 Å². The fourth-order valence-electron chi connectivity index (χ4n) is 2.91. The monoisotopic (exact) mass is 371 g/mol. The molecule has 0 saturated heterocycles. The Labute approximate surface area is 145 Å². The van der Waals surface area contributed by atoms with Gasteiger partial charge in [-0.2, -0.15) is 0 Å². The molecule has 3 rings (SSSR count). The Hall–Kier alpha value is -1.65. The van der Waals surface area contributed by atoms with Crippen molar-refractivity contribution in [2.45, 2.75) is 32.9 Å². The van der Waals surface area contributed by atoms with Gasteiger partial charge in [-0.3, -0.25) is 0 Å². The molecule has 0 spiro atoms. The highest BCUT2D eigenvalue weighted by Gasteiger charge is 2.12. The predicted molar refractivity (Wildman–Crippen MR) is 99.7 cm³/mol. The molecular formula is C19H22BrN3. The summed E-state index contributed by atoms with van der Waals surface area (Å²) in [4.78, 5) is 4.81. The maximum absolute atomic E-state index is 4.81. The fraction of sp³-hybridized carbons (Fsp3) is 0.316. The molecular weight excluding hydrogens is 350 g/mol. The molecule has 0 bridgehead atoms. The summed E-state index contributed by atoms with van der Waals surface area (Å²) in [6.07, 6.45) is 0.928.